The van der Waals surface area contributed by atoms with Gasteiger partial charge in [0.2, 0.25) is 5.16 Å². The fourth-order valence-corrected chi connectivity index (χ4v) is 1.37. The standard InChI is InChI=1S/C7H12N4O2S/c1-5(2)13-6(12)3-14-7-10-9-4-11(7)8/h4-5H,3,8H2,1-2H3. The molecule has 0 bridgehead atoms. The van der Waals surface area contributed by atoms with Crippen LogP contribution in [0.25, 0.3) is 0 Å². The number of thioether (sulfide) groups is 1. The van der Waals surface area contributed by atoms with E-state index in [0.29, 0.717) is 5.16 Å². The molecular weight excluding hydrogens is 204 g/mol. The van der Waals surface area contributed by atoms with E-state index < -0.39 is 0 Å². The highest BCUT2D eigenvalue weighted by atomic mass is 32.2. The van der Waals surface area contributed by atoms with Crippen molar-refractivity contribution in [3.05, 3.63) is 6.33 Å². The molecule has 0 amide bonds. The predicted molar refractivity (Wildman–Crippen MR) is 52.1 cm³/mol. The molecule has 0 aliphatic rings. The molecule has 0 radical (unpaired) electrons. The van der Waals surface area contributed by atoms with E-state index in [-0.39, 0.29) is 17.8 Å². The summed E-state index contributed by atoms with van der Waals surface area (Å²) in [6.07, 6.45) is 1.27. The highest BCUT2D eigenvalue weighted by molar-refractivity contribution is 7.99. The monoisotopic (exact) mass is 216 g/mol. The van der Waals surface area contributed by atoms with E-state index in [1.807, 2.05) is 0 Å². The summed E-state index contributed by atoms with van der Waals surface area (Å²) in [6, 6.07) is 0. The van der Waals surface area contributed by atoms with Gasteiger partial charge in [-0.1, -0.05) is 11.8 Å². The molecule has 1 rings (SSSR count). The molecule has 0 aliphatic carbocycles. The molecule has 1 aromatic rings. The minimum atomic E-state index is -0.284. The summed E-state index contributed by atoms with van der Waals surface area (Å²) < 4.78 is 6.19. The largest absolute Gasteiger partial charge is 0.462 e. The molecule has 1 heterocycles. The third kappa shape index (κ3) is 3.25. The van der Waals surface area contributed by atoms with E-state index in [9.17, 15) is 4.79 Å². The van der Waals surface area contributed by atoms with Crippen LogP contribution in [0.1, 0.15) is 13.8 Å². The van der Waals surface area contributed by atoms with Crippen LogP contribution in [0.4, 0.5) is 0 Å². The van der Waals surface area contributed by atoms with Gasteiger partial charge in [0, 0.05) is 0 Å². The second-order valence-corrected chi connectivity index (χ2v) is 3.79. The van der Waals surface area contributed by atoms with E-state index in [0.717, 1.165) is 0 Å². The Morgan fingerprint density at radius 3 is 3.00 bits per heavy atom. The lowest BCUT2D eigenvalue weighted by molar-refractivity contribution is -0.144. The number of hydrogen-bond donors (Lipinski definition) is 1. The van der Waals surface area contributed by atoms with Crippen molar-refractivity contribution in [3.63, 3.8) is 0 Å². The van der Waals surface area contributed by atoms with Gasteiger partial charge in [0.25, 0.3) is 0 Å². The normalized spacial score (nSPS) is 10.5. The Hall–Kier alpha value is -1.24. The molecular formula is C7H12N4O2S. The van der Waals surface area contributed by atoms with E-state index in [1.165, 1.54) is 22.8 Å². The maximum atomic E-state index is 11.1. The van der Waals surface area contributed by atoms with Gasteiger partial charge >= 0.3 is 5.97 Å². The van der Waals surface area contributed by atoms with Gasteiger partial charge in [-0.3, -0.25) is 4.79 Å². The van der Waals surface area contributed by atoms with Crippen molar-refractivity contribution in [1.29, 1.82) is 0 Å². The number of esters is 1. The van der Waals surface area contributed by atoms with E-state index in [1.54, 1.807) is 13.8 Å². The zero-order chi connectivity index (χ0) is 10.6. The first-order valence-electron chi connectivity index (χ1n) is 4.07. The van der Waals surface area contributed by atoms with Crippen molar-refractivity contribution in [2.75, 3.05) is 11.6 Å². The van der Waals surface area contributed by atoms with Crippen LogP contribution in [-0.2, 0) is 9.53 Å². The Bertz CT molecular complexity index is 312. The van der Waals surface area contributed by atoms with Crippen molar-refractivity contribution in [2.24, 2.45) is 0 Å². The number of aromatic nitrogens is 3. The zero-order valence-electron chi connectivity index (χ0n) is 8.01. The quantitative estimate of drug-likeness (QED) is 0.434. The van der Waals surface area contributed by atoms with E-state index in [2.05, 4.69) is 10.2 Å². The van der Waals surface area contributed by atoms with Crippen molar-refractivity contribution in [1.82, 2.24) is 14.9 Å². The SMILES string of the molecule is CC(C)OC(=O)CSc1nncn1N. The van der Waals surface area contributed by atoms with Gasteiger partial charge in [-0.15, -0.1) is 10.2 Å². The number of rotatable bonds is 4. The van der Waals surface area contributed by atoms with Gasteiger partial charge < -0.3 is 10.6 Å². The summed E-state index contributed by atoms with van der Waals surface area (Å²) in [5.41, 5.74) is 0. The summed E-state index contributed by atoms with van der Waals surface area (Å²) in [4.78, 5) is 11.1. The van der Waals surface area contributed by atoms with Gasteiger partial charge in [0.15, 0.2) is 0 Å². The molecule has 0 saturated carbocycles. The summed E-state index contributed by atoms with van der Waals surface area (Å²) in [5, 5.41) is 7.78. The Kier molecular flexibility index (Phi) is 3.75. The number of nitrogens with zero attached hydrogens (tertiary/aromatic N) is 3. The second kappa shape index (κ2) is 4.85. The molecule has 2 N–H and O–H groups in total. The van der Waals surface area contributed by atoms with Crippen LogP contribution in [0, 0.1) is 0 Å². The fraction of sp³-hybridized carbons (Fsp3) is 0.571. The number of ether oxygens (including phenoxy) is 1. The number of hydrogen-bond acceptors (Lipinski definition) is 6. The summed E-state index contributed by atoms with van der Waals surface area (Å²) in [7, 11) is 0. The number of nitrogens with two attached hydrogens (primary N) is 1. The first-order valence-corrected chi connectivity index (χ1v) is 5.05. The van der Waals surface area contributed by atoms with Crippen LogP contribution < -0.4 is 5.84 Å². The van der Waals surface area contributed by atoms with Crippen LogP contribution >= 0.6 is 11.8 Å². The highest BCUT2D eigenvalue weighted by Gasteiger charge is 2.09. The first-order chi connectivity index (χ1) is 6.59. The Morgan fingerprint density at radius 2 is 2.50 bits per heavy atom. The number of carbonyl (C=O) groups excluding carboxylic acids is 1. The van der Waals surface area contributed by atoms with Crippen molar-refractivity contribution in [2.45, 2.75) is 25.1 Å². The third-order valence-corrected chi connectivity index (χ3v) is 2.16. The van der Waals surface area contributed by atoms with Crippen LogP contribution in [0.5, 0.6) is 0 Å². The number of nitrogen functional groups attached to an aromatic ring is 1. The minimum Gasteiger partial charge on any atom is -0.462 e. The van der Waals surface area contributed by atoms with E-state index >= 15 is 0 Å². The third-order valence-electron chi connectivity index (χ3n) is 1.23. The maximum Gasteiger partial charge on any atom is 0.316 e. The van der Waals surface area contributed by atoms with Crippen LogP contribution in [-0.4, -0.2) is 32.7 Å². The molecule has 7 heteroatoms. The number of carbonyl (C=O) groups is 1. The Balaban J connectivity index is 2.34. The lowest BCUT2D eigenvalue weighted by Crippen LogP contribution is -2.14. The average Bonchev–Trinajstić information content (AvgIpc) is 2.46. The molecule has 0 saturated heterocycles. The average molecular weight is 216 g/mol. The lowest BCUT2D eigenvalue weighted by Gasteiger charge is -2.06. The van der Waals surface area contributed by atoms with Crippen molar-refractivity contribution >= 4 is 17.7 Å². The van der Waals surface area contributed by atoms with Gasteiger partial charge in [-0.2, -0.15) is 0 Å². The summed E-state index contributed by atoms with van der Waals surface area (Å²) in [5.74, 6) is 5.35. The van der Waals surface area contributed by atoms with Crippen molar-refractivity contribution < 1.29 is 9.53 Å². The molecule has 6 nitrogen and oxygen atoms in total. The van der Waals surface area contributed by atoms with Gasteiger partial charge in [0.05, 0.1) is 11.9 Å². The molecule has 0 aliphatic heterocycles. The Morgan fingerprint density at radius 1 is 1.79 bits per heavy atom. The van der Waals surface area contributed by atoms with Crippen LogP contribution in [0.3, 0.4) is 0 Å². The second-order valence-electron chi connectivity index (χ2n) is 2.85. The highest BCUT2D eigenvalue weighted by Crippen LogP contribution is 2.12. The molecule has 0 atom stereocenters. The molecule has 14 heavy (non-hydrogen) atoms. The Labute approximate surface area is 85.8 Å². The van der Waals surface area contributed by atoms with Gasteiger partial charge in [-0.25, -0.2) is 4.68 Å². The topological polar surface area (TPSA) is 83.0 Å². The zero-order valence-corrected chi connectivity index (χ0v) is 8.82. The van der Waals surface area contributed by atoms with Crippen molar-refractivity contribution in [3.8, 4) is 0 Å². The predicted octanol–water partition coefficient (Wildman–Crippen LogP) is 0.0356. The molecule has 0 aromatic carbocycles. The molecule has 0 unspecified atom stereocenters. The molecule has 1 aromatic heterocycles. The van der Waals surface area contributed by atoms with Gasteiger partial charge in [-0.05, 0) is 13.8 Å². The molecule has 0 fully saturated rings. The summed E-state index contributed by atoms with van der Waals surface area (Å²) in [6.45, 7) is 3.60. The smallest absolute Gasteiger partial charge is 0.316 e. The van der Waals surface area contributed by atoms with E-state index in [4.69, 9.17) is 10.6 Å². The first kappa shape index (κ1) is 10.8. The maximum absolute atomic E-state index is 11.1. The van der Waals surface area contributed by atoms with Gasteiger partial charge in [0.1, 0.15) is 6.33 Å². The summed E-state index contributed by atoms with van der Waals surface area (Å²) >= 11 is 1.19. The van der Waals surface area contributed by atoms with Crippen LogP contribution in [0.2, 0.25) is 0 Å². The lowest BCUT2D eigenvalue weighted by atomic mass is 10.5. The molecule has 0 spiro atoms. The minimum absolute atomic E-state index is 0.0983. The molecule has 78 valence electrons. The fourth-order valence-electron chi connectivity index (χ4n) is 0.756. The van der Waals surface area contributed by atoms with Crippen LogP contribution in [0.15, 0.2) is 11.5 Å².